The molecule has 0 bridgehead atoms. The van der Waals surface area contributed by atoms with Crippen LogP contribution in [-0.4, -0.2) is 6.54 Å². The van der Waals surface area contributed by atoms with Gasteiger partial charge in [-0.3, -0.25) is 0 Å². The minimum absolute atomic E-state index is 0.130. The predicted molar refractivity (Wildman–Crippen MR) is 48.1 cm³/mol. The van der Waals surface area contributed by atoms with E-state index in [1.807, 2.05) is 0 Å². The predicted octanol–water partition coefficient (Wildman–Crippen LogP) is 3.03. The van der Waals surface area contributed by atoms with Crippen molar-refractivity contribution in [2.75, 3.05) is 6.54 Å². The lowest BCUT2D eigenvalue weighted by Crippen LogP contribution is -2.08. The molecule has 0 aromatic heterocycles. The lowest BCUT2D eigenvalue weighted by Gasteiger charge is -2.02. The van der Waals surface area contributed by atoms with Gasteiger partial charge in [0.25, 0.3) is 5.75 Å². The third kappa shape index (κ3) is 2.70. The summed E-state index contributed by atoms with van der Waals surface area (Å²) in [5.74, 6) is -12.5. The number of rotatable bonds is 4. The Kier molecular flexibility index (Phi) is 4.36. The van der Waals surface area contributed by atoms with Crippen molar-refractivity contribution in [2.45, 2.75) is 6.92 Å². The van der Waals surface area contributed by atoms with Crippen molar-refractivity contribution in [1.82, 2.24) is 5.09 Å². The molecule has 0 radical (unpaired) electrons. The molecule has 3 nitrogen and oxygen atoms in total. The Bertz CT molecular complexity index is 439. The van der Waals surface area contributed by atoms with Gasteiger partial charge in [0.15, 0.2) is 0 Å². The van der Waals surface area contributed by atoms with E-state index in [0.29, 0.717) is 0 Å². The van der Waals surface area contributed by atoms with Gasteiger partial charge in [-0.1, -0.05) is 5.09 Å². The topological polar surface area (TPSA) is 38.3 Å². The zero-order valence-corrected chi connectivity index (χ0v) is 9.26. The Morgan fingerprint density at radius 3 is 1.82 bits per heavy atom. The summed E-state index contributed by atoms with van der Waals surface area (Å²) in [6.45, 7) is 1.64. The Hall–Kier alpha value is -1.27. The number of halogens is 5. The van der Waals surface area contributed by atoms with E-state index in [2.05, 4.69) is 9.61 Å². The van der Waals surface area contributed by atoms with Crippen LogP contribution in [0.1, 0.15) is 6.92 Å². The van der Waals surface area contributed by atoms with Crippen molar-refractivity contribution in [1.29, 1.82) is 0 Å². The molecular formula is C8H6F5NO2P+. The second-order valence-corrected chi connectivity index (χ2v) is 3.77. The fourth-order valence-electron chi connectivity index (χ4n) is 0.909. The van der Waals surface area contributed by atoms with Crippen molar-refractivity contribution >= 4 is 8.18 Å². The molecule has 1 rings (SSSR count). The SMILES string of the molecule is CCN[P+](=O)Oc1c(F)c(F)c(F)c(F)c1F. The van der Waals surface area contributed by atoms with Crippen molar-refractivity contribution in [3.05, 3.63) is 29.1 Å². The quantitative estimate of drug-likeness (QED) is 0.397. The Morgan fingerprint density at radius 2 is 1.41 bits per heavy atom. The van der Waals surface area contributed by atoms with Crippen LogP contribution in [-0.2, 0) is 4.57 Å². The number of hydrogen-bond donors (Lipinski definition) is 1. The summed E-state index contributed by atoms with van der Waals surface area (Å²) >= 11 is 0. The highest BCUT2D eigenvalue weighted by Crippen LogP contribution is 2.33. The van der Waals surface area contributed by atoms with Gasteiger partial charge in [0, 0.05) is 11.1 Å². The number of hydrogen-bond acceptors (Lipinski definition) is 2. The van der Waals surface area contributed by atoms with Gasteiger partial charge in [-0.2, -0.15) is 8.78 Å². The molecule has 0 aliphatic rings. The van der Waals surface area contributed by atoms with Crippen molar-refractivity contribution < 1.29 is 31.0 Å². The van der Waals surface area contributed by atoms with Crippen molar-refractivity contribution in [3.63, 3.8) is 0 Å². The van der Waals surface area contributed by atoms with Crippen LogP contribution < -0.4 is 9.61 Å². The molecule has 0 fully saturated rings. The van der Waals surface area contributed by atoms with Crippen molar-refractivity contribution in [3.8, 4) is 5.75 Å². The smallest absolute Gasteiger partial charge is 0.233 e. The molecule has 94 valence electrons. The van der Waals surface area contributed by atoms with Gasteiger partial charge in [0.1, 0.15) is 0 Å². The highest BCUT2D eigenvalue weighted by atomic mass is 31.1. The van der Waals surface area contributed by atoms with E-state index in [1.54, 1.807) is 0 Å². The molecule has 0 saturated heterocycles. The minimum Gasteiger partial charge on any atom is -0.233 e. The second-order valence-electron chi connectivity index (χ2n) is 2.76. The minimum atomic E-state index is -2.76. The summed E-state index contributed by atoms with van der Waals surface area (Å²) in [6.07, 6.45) is 0. The highest BCUT2D eigenvalue weighted by molar-refractivity contribution is 7.37. The zero-order chi connectivity index (χ0) is 13.2. The summed E-state index contributed by atoms with van der Waals surface area (Å²) in [5, 5.41) is 2.12. The van der Waals surface area contributed by atoms with Crippen LogP contribution in [0.15, 0.2) is 0 Å². The van der Waals surface area contributed by atoms with E-state index in [-0.39, 0.29) is 6.54 Å². The summed E-state index contributed by atoms with van der Waals surface area (Å²) in [5.41, 5.74) is 0. The Balaban J connectivity index is 3.20. The first-order valence-electron chi connectivity index (χ1n) is 4.30. The molecule has 0 spiro atoms. The molecule has 0 saturated carbocycles. The van der Waals surface area contributed by atoms with Crippen LogP contribution in [0, 0.1) is 29.1 Å². The van der Waals surface area contributed by atoms with Crippen LogP contribution in [0.25, 0.3) is 0 Å². The summed E-state index contributed by atoms with van der Waals surface area (Å²) in [7, 11) is -2.76. The first-order chi connectivity index (χ1) is 7.90. The third-order valence-electron chi connectivity index (χ3n) is 1.63. The monoisotopic (exact) mass is 274 g/mol. The molecule has 1 unspecified atom stereocenters. The third-order valence-corrected chi connectivity index (χ3v) is 2.55. The number of benzene rings is 1. The summed E-state index contributed by atoms with van der Waals surface area (Å²) in [6, 6.07) is 0. The standard InChI is InChI=1S/C8H6F5NO2P/c1-2-14-17(15)16-8-6(12)4(10)3(9)5(11)7(8)13/h2H2,1H3,(H,14,15)/q+1. The van der Waals surface area contributed by atoms with E-state index >= 15 is 0 Å². The van der Waals surface area contributed by atoms with Crippen LogP contribution in [0.5, 0.6) is 5.75 Å². The van der Waals surface area contributed by atoms with Crippen LogP contribution in [0.4, 0.5) is 22.0 Å². The maximum atomic E-state index is 13.0. The average Bonchev–Trinajstić information content (AvgIpc) is 2.30. The molecule has 0 aliphatic heterocycles. The maximum absolute atomic E-state index is 13.0. The fourth-order valence-corrected chi connectivity index (χ4v) is 1.56. The first-order valence-corrected chi connectivity index (χ1v) is 5.48. The van der Waals surface area contributed by atoms with E-state index in [0.717, 1.165) is 0 Å². The largest absolute Gasteiger partial charge is 0.663 e. The van der Waals surface area contributed by atoms with Crippen molar-refractivity contribution in [2.24, 2.45) is 0 Å². The summed E-state index contributed by atoms with van der Waals surface area (Å²) < 4.78 is 79.1. The van der Waals surface area contributed by atoms with Gasteiger partial charge in [-0.15, -0.1) is 0 Å². The first kappa shape index (κ1) is 13.8. The molecule has 1 aromatic rings. The van der Waals surface area contributed by atoms with Crippen LogP contribution in [0.3, 0.4) is 0 Å². The van der Waals surface area contributed by atoms with Crippen LogP contribution in [0.2, 0.25) is 0 Å². The molecule has 0 heterocycles. The van der Waals surface area contributed by atoms with E-state index in [9.17, 15) is 26.5 Å². The van der Waals surface area contributed by atoms with E-state index in [4.69, 9.17) is 0 Å². The maximum Gasteiger partial charge on any atom is 0.663 e. The van der Waals surface area contributed by atoms with E-state index in [1.165, 1.54) is 6.92 Å². The highest BCUT2D eigenvalue weighted by Gasteiger charge is 2.32. The molecule has 17 heavy (non-hydrogen) atoms. The lowest BCUT2D eigenvalue weighted by molar-refractivity contribution is 0.348. The van der Waals surface area contributed by atoms with Gasteiger partial charge in [-0.25, -0.2) is 17.7 Å². The molecular weight excluding hydrogens is 268 g/mol. The number of nitrogens with one attached hydrogen (secondary N) is 1. The van der Waals surface area contributed by atoms with Gasteiger partial charge >= 0.3 is 8.18 Å². The Labute approximate surface area is 93.5 Å². The van der Waals surface area contributed by atoms with E-state index < -0.39 is 43.0 Å². The second kappa shape index (κ2) is 5.37. The van der Waals surface area contributed by atoms with Crippen LogP contribution >= 0.6 is 8.18 Å². The molecule has 0 amide bonds. The fraction of sp³-hybridized carbons (Fsp3) is 0.250. The van der Waals surface area contributed by atoms with Gasteiger partial charge in [0.05, 0.1) is 0 Å². The summed E-state index contributed by atoms with van der Waals surface area (Å²) in [4.78, 5) is 0. The molecule has 9 heteroatoms. The lowest BCUT2D eigenvalue weighted by atomic mass is 10.3. The molecule has 1 atom stereocenters. The Morgan fingerprint density at radius 1 is 1.00 bits per heavy atom. The zero-order valence-electron chi connectivity index (χ0n) is 8.36. The van der Waals surface area contributed by atoms with Gasteiger partial charge in [0.2, 0.25) is 29.1 Å². The molecule has 0 aliphatic carbocycles. The molecule has 1 aromatic carbocycles. The van der Waals surface area contributed by atoms with Gasteiger partial charge in [-0.05, 0) is 6.92 Å². The normalized spacial score (nSPS) is 11.5. The van der Waals surface area contributed by atoms with Gasteiger partial charge < -0.3 is 0 Å². The molecule has 1 N–H and O–H groups in total. The average molecular weight is 274 g/mol.